The Morgan fingerprint density at radius 2 is 1.92 bits per heavy atom. The molecule has 2 heterocycles. The van der Waals surface area contributed by atoms with Crippen LogP contribution < -0.4 is 10.2 Å². The first kappa shape index (κ1) is 24.6. The SMILES string of the molecule is Cc1cccc([C@@H]2SCC(=O)N(CC(=O)NC3CC3)c3c2c(C(C)(C)C)nn3-c2cccc(F)c2)c1. The molecule has 1 aliphatic heterocycles. The number of nitrogens with zero attached hydrogens (tertiary/aromatic N) is 3. The van der Waals surface area contributed by atoms with E-state index in [-0.39, 0.29) is 40.8 Å². The highest BCUT2D eigenvalue weighted by Crippen LogP contribution is 2.48. The number of aromatic nitrogens is 2. The van der Waals surface area contributed by atoms with Gasteiger partial charge in [-0.2, -0.15) is 5.10 Å². The number of nitrogens with one attached hydrogen (secondary N) is 1. The van der Waals surface area contributed by atoms with Gasteiger partial charge in [-0.25, -0.2) is 9.07 Å². The van der Waals surface area contributed by atoms with Gasteiger partial charge < -0.3 is 5.32 Å². The molecule has 2 amide bonds. The molecule has 1 aromatic heterocycles. The molecule has 1 fully saturated rings. The molecule has 0 saturated heterocycles. The smallest absolute Gasteiger partial charge is 0.240 e. The van der Waals surface area contributed by atoms with Crippen LogP contribution in [0.4, 0.5) is 10.2 Å². The summed E-state index contributed by atoms with van der Waals surface area (Å²) in [5.41, 5.74) is 4.07. The minimum Gasteiger partial charge on any atom is -0.352 e. The molecule has 5 rings (SSSR count). The van der Waals surface area contributed by atoms with Crippen molar-refractivity contribution >= 4 is 29.4 Å². The van der Waals surface area contributed by atoms with Crippen molar-refractivity contribution in [1.29, 1.82) is 0 Å². The molecule has 2 aliphatic rings. The number of fused-ring (bicyclic) bond motifs is 1. The highest BCUT2D eigenvalue weighted by molar-refractivity contribution is 8.00. The van der Waals surface area contributed by atoms with Crippen molar-refractivity contribution in [3.05, 3.63) is 76.7 Å². The van der Waals surface area contributed by atoms with E-state index in [0.717, 1.165) is 35.2 Å². The quantitative estimate of drug-likeness (QED) is 0.525. The topological polar surface area (TPSA) is 67.2 Å². The van der Waals surface area contributed by atoms with E-state index in [1.165, 1.54) is 12.1 Å². The second-order valence-electron chi connectivity index (χ2n) is 10.7. The minimum absolute atomic E-state index is 0.103. The number of halogens is 1. The van der Waals surface area contributed by atoms with Crippen molar-refractivity contribution in [2.45, 2.75) is 57.2 Å². The zero-order chi connectivity index (χ0) is 25.6. The molecule has 0 spiro atoms. The maximum atomic E-state index is 14.3. The second kappa shape index (κ2) is 9.39. The van der Waals surface area contributed by atoms with Gasteiger partial charge >= 0.3 is 0 Å². The van der Waals surface area contributed by atoms with Crippen LogP contribution in [0.15, 0.2) is 48.5 Å². The van der Waals surface area contributed by atoms with E-state index in [0.29, 0.717) is 11.5 Å². The standard InChI is InChI=1S/C28H31FN4O2S/c1-17-7-5-8-18(13-17)25-24-26(28(2,3)4)31-33(21-10-6-9-19(29)14-21)27(24)32(23(35)16-36-25)15-22(34)30-20-11-12-20/h5-10,13-14,20,25H,11-12,15-16H2,1-4H3,(H,30,34)/t25-/m0/s1. The molecule has 0 radical (unpaired) electrons. The van der Waals surface area contributed by atoms with Crippen LogP contribution >= 0.6 is 11.8 Å². The molecule has 0 bridgehead atoms. The normalized spacial score (nSPS) is 18.1. The van der Waals surface area contributed by atoms with E-state index in [1.54, 1.807) is 33.5 Å². The number of anilines is 1. The fraction of sp³-hybridized carbons (Fsp3) is 0.393. The largest absolute Gasteiger partial charge is 0.352 e. The van der Waals surface area contributed by atoms with Crippen LogP contribution in [-0.2, 0) is 15.0 Å². The first-order valence-electron chi connectivity index (χ1n) is 12.3. The molecule has 2 aromatic carbocycles. The van der Waals surface area contributed by atoms with Crippen LogP contribution in [0.25, 0.3) is 5.69 Å². The third kappa shape index (κ3) is 4.91. The fourth-order valence-electron chi connectivity index (χ4n) is 4.60. The maximum Gasteiger partial charge on any atom is 0.240 e. The van der Waals surface area contributed by atoms with E-state index < -0.39 is 5.82 Å². The van der Waals surface area contributed by atoms with Crippen molar-refractivity contribution in [2.75, 3.05) is 17.2 Å². The Bertz CT molecular complexity index is 1330. The van der Waals surface area contributed by atoms with Crippen molar-refractivity contribution in [1.82, 2.24) is 15.1 Å². The van der Waals surface area contributed by atoms with Crippen LogP contribution in [0.2, 0.25) is 0 Å². The predicted octanol–water partition coefficient (Wildman–Crippen LogP) is 5.07. The minimum atomic E-state index is -0.392. The molecular weight excluding hydrogens is 475 g/mol. The Balaban J connectivity index is 1.75. The van der Waals surface area contributed by atoms with Crippen molar-refractivity contribution in [3.63, 3.8) is 0 Å². The number of carbonyl (C=O) groups is 2. The molecular formula is C28H31FN4O2S. The summed E-state index contributed by atoms with van der Waals surface area (Å²) in [4.78, 5) is 28.1. The van der Waals surface area contributed by atoms with Crippen LogP contribution in [0, 0.1) is 12.7 Å². The predicted molar refractivity (Wildman–Crippen MR) is 141 cm³/mol. The van der Waals surface area contributed by atoms with Gasteiger partial charge in [0.25, 0.3) is 0 Å². The summed E-state index contributed by atoms with van der Waals surface area (Å²) in [5.74, 6) is 0.00610. The molecule has 36 heavy (non-hydrogen) atoms. The molecule has 6 nitrogen and oxygen atoms in total. The highest BCUT2D eigenvalue weighted by Gasteiger charge is 2.40. The summed E-state index contributed by atoms with van der Waals surface area (Å²) in [7, 11) is 0. The van der Waals surface area contributed by atoms with E-state index in [2.05, 4.69) is 38.2 Å². The molecule has 3 aromatic rings. The molecule has 188 valence electrons. The third-order valence-corrected chi connectivity index (χ3v) is 7.70. The van der Waals surface area contributed by atoms with Gasteiger partial charge in [-0.3, -0.25) is 14.5 Å². The molecule has 1 atom stereocenters. The lowest BCUT2D eigenvalue weighted by Crippen LogP contribution is -2.43. The Morgan fingerprint density at radius 1 is 1.17 bits per heavy atom. The lowest BCUT2D eigenvalue weighted by Gasteiger charge is -2.24. The van der Waals surface area contributed by atoms with Gasteiger partial charge in [-0.15, -0.1) is 11.8 Å². The second-order valence-corrected chi connectivity index (χ2v) is 11.7. The molecule has 1 aliphatic carbocycles. The van der Waals surface area contributed by atoms with Gasteiger partial charge in [-0.1, -0.05) is 56.7 Å². The summed E-state index contributed by atoms with van der Waals surface area (Å²) in [6, 6.07) is 14.7. The van der Waals surface area contributed by atoms with Gasteiger partial charge in [0.05, 0.1) is 22.4 Å². The number of carbonyl (C=O) groups excluding carboxylic acids is 2. The number of thioether (sulfide) groups is 1. The first-order valence-corrected chi connectivity index (χ1v) is 13.3. The van der Waals surface area contributed by atoms with E-state index >= 15 is 0 Å². The van der Waals surface area contributed by atoms with Crippen molar-refractivity contribution < 1.29 is 14.0 Å². The van der Waals surface area contributed by atoms with Gasteiger partial charge in [0.2, 0.25) is 11.8 Å². The van der Waals surface area contributed by atoms with Gasteiger partial charge in [-0.05, 0) is 43.5 Å². The van der Waals surface area contributed by atoms with Crippen LogP contribution in [-0.4, -0.2) is 39.9 Å². The lowest BCUT2D eigenvalue weighted by molar-refractivity contribution is -0.123. The Morgan fingerprint density at radius 3 is 2.58 bits per heavy atom. The number of rotatable bonds is 5. The first-order chi connectivity index (χ1) is 17.1. The molecule has 1 saturated carbocycles. The summed E-state index contributed by atoms with van der Waals surface area (Å²) in [6.07, 6.45) is 1.93. The average Bonchev–Trinajstić information content (AvgIpc) is 3.55. The summed E-state index contributed by atoms with van der Waals surface area (Å²) < 4.78 is 16.0. The maximum absolute atomic E-state index is 14.3. The Labute approximate surface area is 215 Å². The summed E-state index contributed by atoms with van der Waals surface area (Å²) in [5, 5.41) is 7.82. The molecule has 1 N–H and O–H groups in total. The fourth-order valence-corrected chi connectivity index (χ4v) is 5.79. The van der Waals surface area contributed by atoms with Crippen LogP contribution in [0.5, 0.6) is 0 Å². The zero-order valence-corrected chi connectivity index (χ0v) is 21.9. The van der Waals surface area contributed by atoms with Crippen molar-refractivity contribution in [2.24, 2.45) is 0 Å². The molecule has 8 heteroatoms. The van der Waals surface area contributed by atoms with Crippen molar-refractivity contribution in [3.8, 4) is 5.69 Å². The number of benzene rings is 2. The van der Waals surface area contributed by atoms with Gasteiger partial charge in [0.1, 0.15) is 18.2 Å². The lowest BCUT2D eigenvalue weighted by atomic mass is 9.87. The van der Waals surface area contributed by atoms with Crippen LogP contribution in [0.3, 0.4) is 0 Å². The van der Waals surface area contributed by atoms with E-state index in [4.69, 9.17) is 5.10 Å². The number of aryl methyl sites for hydroxylation is 1. The zero-order valence-electron chi connectivity index (χ0n) is 21.0. The Kier molecular flexibility index (Phi) is 6.41. The van der Waals surface area contributed by atoms with Gasteiger partial charge in [0, 0.05) is 17.0 Å². The van der Waals surface area contributed by atoms with E-state index in [1.807, 2.05) is 19.1 Å². The molecule has 0 unspecified atom stereocenters. The monoisotopic (exact) mass is 506 g/mol. The van der Waals surface area contributed by atoms with Crippen LogP contribution in [0.1, 0.15) is 61.2 Å². The number of hydrogen-bond donors (Lipinski definition) is 1. The summed E-state index contributed by atoms with van der Waals surface area (Å²) >= 11 is 1.55. The number of amides is 2. The Hall–Kier alpha value is -3.13. The third-order valence-electron chi connectivity index (χ3n) is 6.44. The number of hydrogen-bond acceptors (Lipinski definition) is 4. The van der Waals surface area contributed by atoms with Gasteiger partial charge in [0.15, 0.2) is 0 Å². The van der Waals surface area contributed by atoms with E-state index in [9.17, 15) is 14.0 Å². The highest BCUT2D eigenvalue weighted by atomic mass is 32.2. The average molecular weight is 507 g/mol. The summed E-state index contributed by atoms with van der Waals surface area (Å²) in [6.45, 7) is 8.20.